The van der Waals surface area contributed by atoms with E-state index in [-0.39, 0.29) is 0 Å². The third kappa shape index (κ3) is 4.31. The van der Waals surface area contributed by atoms with E-state index in [1.54, 1.807) is 20.6 Å². The third-order valence-corrected chi connectivity index (χ3v) is 4.88. The van der Waals surface area contributed by atoms with Gasteiger partial charge in [0, 0.05) is 24.2 Å². The van der Waals surface area contributed by atoms with Crippen molar-refractivity contribution < 1.29 is 13.9 Å². The Morgan fingerprint density at radius 3 is 1.93 bits per heavy atom. The van der Waals surface area contributed by atoms with Crippen molar-refractivity contribution in [2.45, 2.75) is 13.8 Å². The lowest BCUT2D eigenvalue weighted by molar-refractivity contribution is 0.414. The molecule has 0 bridgehead atoms. The van der Waals surface area contributed by atoms with E-state index in [1.165, 1.54) is 0 Å². The van der Waals surface area contributed by atoms with Gasteiger partial charge in [-0.3, -0.25) is 0 Å². The van der Waals surface area contributed by atoms with Crippen molar-refractivity contribution in [3.05, 3.63) is 54.1 Å². The molecule has 3 aromatic rings. The second-order valence-electron chi connectivity index (χ2n) is 6.52. The van der Waals surface area contributed by atoms with Crippen LogP contribution >= 0.6 is 0 Å². The Bertz CT molecular complexity index is 1040. The van der Waals surface area contributed by atoms with Gasteiger partial charge in [-0.05, 0) is 55.8 Å². The van der Waals surface area contributed by atoms with Gasteiger partial charge in [0.25, 0.3) is 0 Å². The zero-order valence-corrected chi connectivity index (χ0v) is 17.7. The summed E-state index contributed by atoms with van der Waals surface area (Å²) in [6.45, 7) is 5.74. The van der Waals surface area contributed by atoms with E-state index in [0.717, 1.165) is 35.7 Å². The molecule has 0 spiro atoms. The molecule has 2 aromatic carbocycles. The van der Waals surface area contributed by atoms with Crippen LogP contribution in [0.2, 0.25) is 0 Å². The third-order valence-electron chi connectivity index (χ3n) is 4.88. The quantitative estimate of drug-likeness (QED) is 0.367. The lowest BCUT2D eigenvalue weighted by Crippen LogP contribution is -2.20. The van der Waals surface area contributed by atoms with Crippen molar-refractivity contribution in [3.8, 4) is 40.0 Å². The van der Waals surface area contributed by atoms with Crippen LogP contribution in [0.4, 0.5) is 5.88 Å². The Labute approximate surface area is 177 Å². The van der Waals surface area contributed by atoms with Gasteiger partial charge in [-0.2, -0.15) is 5.26 Å². The lowest BCUT2D eigenvalue weighted by Gasteiger charge is -2.12. The Kier molecular flexibility index (Phi) is 6.76. The molecule has 1 aromatic heterocycles. The monoisotopic (exact) mass is 403 g/mol. The lowest BCUT2D eigenvalue weighted by atomic mass is 9.98. The molecule has 6 heteroatoms. The maximum absolute atomic E-state index is 9.94. The maximum Gasteiger partial charge on any atom is 0.239 e. The van der Waals surface area contributed by atoms with Gasteiger partial charge in [0.2, 0.25) is 5.88 Å². The Morgan fingerprint density at radius 1 is 0.933 bits per heavy atom. The summed E-state index contributed by atoms with van der Waals surface area (Å²) in [5.74, 6) is 2.37. The van der Waals surface area contributed by atoms with Crippen molar-refractivity contribution in [2.24, 2.45) is 4.99 Å². The van der Waals surface area contributed by atoms with Crippen LogP contribution in [0.1, 0.15) is 19.4 Å². The molecule has 1 heterocycles. The fourth-order valence-corrected chi connectivity index (χ4v) is 3.11. The van der Waals surface area contributed by atoms with Gasteiger partial charge in [-0.1, -0.05) is 12.1 Å². The number of methoxy groups -OCH3 is 2. The number of benzene rings is 2. The molecule has 0 aliphatic heterocycles. The summed E-state index contributed by atoms with van der Waals surface area (Å²) in [6.07, 6.45) is 1.72. The van der Waals surface area contributed by atoms with E-state index >= 15 is 0 Å². The molecule has 0 saturated carbocycles. The molecular formula is C24H25N3O3. The normalized spacial score (nSPS) is 10.8. The van der Waals surface area contributed by atoms with Gasteiger partial charge in [0.05, 0.1) is 20.6 Å². The maximum atomic E-state index is 9.94. The van der Waals surface area contributed by atoms with E-state index < -0.39 is 0 Å². The first kappa shape index (κ1) is 21.0. The van der Waals surface area contributed by atoms with Crippen LogP contribution in [0.15, 0.2) is 57.9 Å². The molecule has 30 heavy (non-hydrogen) atoms. The topological polar surface area (TPSA) is 71.0 Å². The van der Waals surface area contributed by atoms with E-state index in [4.69, 9.17) is 13.9 Å². The summed E-state index contributed by atoms with van der Waals surface area (Å²) in [5, 5.41) is 9.94. The molecule has 0 unspecified atom stereocenters. The van der Waals surface area contributed by atoms with Crippen LogP contribution in [-0.2, 0) is 0 Å². The van der Waals surface area contributed by atoms with Gasteiger partial charge < -0.3 is 18.8 Å². The molecule has 0 aliphatic rings. The van der Waals surface area contributed by atoms with E-state index in [0.29, 0.717) is 22.8 Å². The number of aliphatic imine (C=N–C) groups is 1. The van der Waals surface area contributed by atoms with Crippen LogP contribution in [0.3, 0.4) is 0 Å². The first-order valence-electron chi connectivity index (χ1n) is 9.79. The minimum Gasteiger partial charge on any atom is -0.497 e. The number of nitrogens with zero attached hydrogens (tertiary/aromatic N) is 3. The summed E-state index contributed by atoms with van der Waals surface area (Å²) in [7, 11) is 3.24. The first-order valence-corrected chi connectivity index (χ1v) is 9.79. The molecule has 0 N–H and O–H groups in total. The van der Waals surface area contributed by atoms with Crippen molar-refractivity contribution in [2.75, 3.05) is 27.3 Å². The van der Waals surface area contributed by atoms with Crippen LogP contribution < -0.4 is 9.47 Å². The van der Waals surface area contributed by atoms with Crippen molar-refractivity contribution in [1.29, 1.82) is 5.26 Å². The molecule has 154 valence electrons. The van der Waals surface area contributed by atoms with Crippen LogP contribution in [0.5, 0.6) is 11.5 Å². The Hall–Kier alpha value is -3.72. The Balaban J connectivity index is 2.18. The van der Waals surface area contributed by atoms with E-state index in [9.17, 15) is 5.26 Å². The largest absolute Gasteiger partial charge is 0.497 e. The van der Waals surface area contributed by atoms with Gasteiger partial charge in [-0.25, -0.2) is 4.99 Å². The minimum absolute atomic E-state index is 0.293. The zero-order chi connectivity index (χ0) is 21.5. The highest BCUT2D eigenvalue weighted by Crippen LogP contribution is 2.43. The molecule has 0 fully saturated rings. The van der Waals surface area contributed by atoms with Gasteiger partial charge in [0.1, 0.15) is 28.9 Å². The number of ether oxygens (including phenoxy) is 2. The molecular weight excluding hydrogens is 378 g/mol. The van der Waals surface area contributed by atoms with Crippen LogP contribution in [0.25, 0.3) is 22.5 Å². The summed E-state index contributed by atoms with van der Waals surface area (Å²) in [4.78, 5) is 6.51. The first-order chi connectivity index (χ1) is 14.6. The van der Waals surface area contributed by atoms with Crippen molar-refractivity contribution >= 4 is 12.2 Å². The molecule has 0 amide bonds. The fourth-order valence-electron chi connectivity index (χ4n) is 3.11. The zero-order valence-electron chi connectivity index (χ0n) is 17.7. The molecule has 3 rings (SSSR count). The second kappa shape index (κ2) is 9.66. The number of rotatable bonds is 8. The predicted octanol–water partition coefficient (Wildman–Crippen LogP) is 5.50. The molecule has 6 nitrogen and oxygen atoms in total. The number of nitriles is 1. The van der Waals surface area contributed by atoms with Gasteiger partial charge in [0.15, 0.2) is 0 Å². The van der Waals surface area contributed by atoms with E-state index in [2.05, 4.69) is 24.9 Å². The smallest absolute Gasteiger partial charge is 0.239 e. The number of furan rings is 1. The molecule has 0 aliphatic carbocycles. The average Bonchev–Trinajstić information content (AvgIpc) is 3.18. The number of hydrogen-bond donors (Lipinski definition) is 0. The van der Waals surface area contributed by atoms with Crippen molar-refractivity contribution in [3.63, 3.8) is 0 Å². The Morgan fingerprint density at radius 2 is 1.47 bits per heavy atom. The number of hydrogen-bond acceptors (Lipinski definition) is 5. The standard InChI is InChI=1S/C24H25N3O3/c1-5-27(6-2)16-26-24-21(15-25)22(17-7-11-19(28-3)12-8-17)23(30-24)18-9-13-20(29-4)14-10-18/h7-14,16H,5-6H2,1-4H3/b26-16+. The molecule has 0 atom stereocenters. The second-order valence-corrected chi connectivity index (χ2v) is 6.52. The van der Waals surface area contributed by atoms with Gasteiger partial charge >= 0.3 is 0 Å². The van der Waals surface area contributed by atoms with Crippen LogP contribution in [0, 0.1) is 11.3 Å². The van der Waals surface area contributed by atoms with Crippen LogP contribution in [-0.4, -0.2) is 38.5 Å². The minimum atomic E-state index is 0.293. The predicted molar refractivity (Wildman–Crippen MR) is 118 cm³/mol. The van der Waals surface area contributed by atoms with E-state index in [1.807, 2.05) is 53.4 Å². The highest BCUT2D eigenvalue weighted by Gasteiger charge is 2.23. The summed E-state index contributed by atoms with van der Waals surface area (Å²) in [6, 6.07) is 17.4. The molecule has 0 radical (unpaired) electrons. The van der Waals surface area contributed by atoms with Crippen molar-refractivity contribution in [1.82, 2.24) is 4.90 Å². The summed E-state index contributed by atoms with van der Waals surface area (Å²) >= 11 is 0. The summed E-state index contributed by atoms with van der Waals surface area (Å²) in [5.41, 5.74) is 2.79. The SMILES string of the molecule is CCN(/C=N/c1oc(-c2ccc(OC)cc2)c(-c2ccc(OC)cc2)c1C#N)CC. The fraction of sp³-hybridized carbons (Fsp3) is 0.250. The van der Waals surface area contributed by atoms with Gasteiger partial charge in [-0.15, -0.1) is 0 Å². The highest BCUT2D eigenvalue weighted by molar-refractivity contribution is 5.88. The molecule has 0 saturated heterocycles. The highest BCUT2D eigenvalue weighted by atomic mass is 16.5. The average molecular weight is 403 g/mol. The summed E-state index contributed by atoms with van der Waals surface area (Å²) < 4.78 is 16.7.